The van der Waals surface area contributed by atoms with Gasteiger partial charge in [-0.1, -0.05) is 12.1 Å². The Labute approximate surface area is 110 Å². The van der Waals surface area contributed by atoms with Crippen LogP contribution in [-0.4, -0.2) is 27.9 Å². The molecule has 1 aliphatic heterocycles. The number of nitrogens with zero attached hydrogens (tertiary/aromatic N) is 1. The number of aliphatic carboxylic acids is 1. The van der Waals surface area contributed by atoms with Crippen LogP contribution in [0.15, 0.2) is 24.3 Å². The zero-order valence-electron chi connectivity index (χ0n) is 10.8. The van der Waals surface area contributed by atoms with Crippen molar-refractivity contribution >= 4 is 11.9 Å². The molecule has 1 N–H and O–H groups in total. The molecule has 2 rings (SSSR count). The number of carboxylic acids is 1. The molecule has 2 unspecified atom stereocenters. The normalized spacial score (nSPS) is 23.2. The van der Waals surface area contributed by atoms with Crippen LogP contribution in [0, 0.1) is 11.7 Å². The molecular weight excluding hydrogens is 249 g/mol. The van der Waals surface area contributed by atoms with E-state index in [4.69, 9.17) is 0 Å². The number of amides is 1. The predicted octanol–water partition coefficient (Wildman–Crippen LogP) is 2.21. The third kappa shape index (κ3) is 2.45. The van der Waals surface area contributed by atoms with Gasteiger partial charge < -0.3 is 10.0 Å². The lowest BCUT2D eigenvalue weighted by atomic mass is 9.93. The molecule has 19 heavy (non-hydrogen) atoms. The zero-order valence-corrected chi connectivity index (χ0v) is 10.8. The average Bonchev–Trinajstić information content (AvgIpc) is 2.68. The summed E-state index contributed by atoms with van der Waals surface area (Å²) in [6.07, 6.45) is -0.00441. The average molecular weight is 265 g/mol. The number of hydrogen-bond donors (Lipinski definition) is 1. The maximum absolute atomic E-state index is 13.0. The fourth-order valence-corrected chi connectivity index (χ4v) is 2.64. The lowest BCUT2D eigenvalue weighted by Gasteiger charge is -2.30. The fraction of sp³-hybridized carbons (Fsp3) is 0.429. The molecule has 4 nitrogen and oxygen atoms in total. The number of rotatable bonds is 3. The van der Waals surface area contributed by atoms with Crippen molar-refractivity contribution in [3.05, 3.63) is 35.6 Å². The van der Waals surface area contributed by atoms with Gasteiger partial charge in [0.05, 0.1) is 12.0 Å². The van der Waals surface area contributed by atoms with Crippen LogP contribution in [0.3, 0.4) is 0 Å². The largest absolute Gasteiger partial charge is 0.481 e. The molecule has 102 valence electrons. The van der Waals surface area contributed by atoms with Crippen LogP contribution in [-0.2, 0) is 9.59 Å². The Morgan fingerprint density at radius 1 is 1.37 bits per heavy atom. The molecule has 0 radical (unpaired) electrons. The van der Waals surface area contributed by atoms with Crippen LogP contribution in [0.4, 0.5) is 4.39 Å². The summed E-state index contributed by atoms with van der Waals surface area (Å²) in [4.78, 5) is 24.9. The number of carbonyl (C=O) groups excluding carboxylic acids is 1. The molecule has 1 aromatic rings. The van der Waals surface area contributed by atoms with Crippen LogP contribution in [0.5, 0.6) is 0 Å². The Morgan fingerprint density at radius 3 is 2.42 bits per heavy atom. The highest BCUT2D eigenvalue weighted by atomic mass is 19.1. The minimum absolute atomic E-state index is 0.00441. The van der Waals surface area contributed by atoms with Crippen molar-refractivity contribution in [1.29, 1.82) is 0 Å². The van der Waals surface area contributed by atoms with Gasteiger partial charge in [-0.25, -0.2) is 4.39 Å². The number of halogens is 1. The van der Waals surface area contributed by atoms with Crippen molar-refractivity contribution in [2.45, 2.75) is 32.4 Å². The molecule has 0 spiro atoms. The maximum atomic E-state index is 13.0. The topological polar surface area (TPSA) is 57.6 Å². The lowest BCUT2D eigenvalue weighted by molar-refractivity contribution is -0.142. The zero-order chi connectivity index (χ0) is 14.2. The lowest BCUT2D eigenvalue weighted by Crippen LogP contribution is -2.36. The summed E-state index contributed by atoms with van der Waals surface area (Å²) in [7, 11) is 0. The second kappa shape index (κ2) is 4.99. The number of likely N-dealkylation sites (tertiary alicyclic amines) is 1. The maximum Gasteiger partial charge on any atom is 0.309 e. The van der Waals surface area contributed by atoms with Crippen molar-refractivity contribution in [2.75, 3.05) is 0 Å². The van der Waals surface area contributed by atoms with Gasteiger partial charge in [-0.15, -0.1) is 0 Å². The molecule has 1 fully saturated rings. The number of hydrogen-bond acceptors (Lipinski definition) is 2. The molecular formula is C14H16FNO3. The first kappa shape index (κ1) is 13.5. The first-order valence-corrected chi connectivity index (χ1v) is 6.21. The van der Waals surface area contributed by atoms with Gasteiger partial charge in [0.25, 0.3) is 0 Å². The molecule has 2 atom stereocenters. The van der Waals surface area contributed by atoms with Gasteiger partial charge in [0.2, 0.25) is 5.91 Å². The third-order valence-corrected chi connectivity index (χ3v) is 3.45. The summed E-state index contributed by atoms with van der Waals surface area (Å²) in [5.41, 5.74) is 0.661. The number of carboxylic acid groups (broad SMARTS) is 1. The highest BCUT2D eigenvalue weighted by Crippen LogP contribution is 2.39. The van der Waals surface area contributed by atoms with E-state index in [1.165, 1.54) is 12.1 Å². The molecule has 0 bridgehead atoms. The molecule has 1 saturated heterocycles. The van der Waals surface area contributed by atoms with E-state index in [0.29, 0.717) is 5.56 Å². The number of benzene rings is 1. The smallest absolute Gasteiger partial charge is 0.309 e. The highest BCUT2D eigenvalue weighted by molar-refractivity contribution is 5.87. The molecule has 5 heteroatoms. The standard InChI is InChI=1S/C14H16FNO3/c1-8(2)16-12(17)7-11(14(18)19)13(16)9-3-5-10(15)6-4-9/h3-6,8,11,13H,7H2,1-2H3,(H,18,19). The second-order valence-corrected chi connectivity index (χ2v) is 5.04. The van der Waals surface area contributed by atoms with Crippen LogP contribution in [0.2, 0.25) is 0 Å². The van der Waals surface area contributed by atoms with Crippen molar-refractivity contribution in [1.82, 2.24) is 4.90 Å². The van der Waals surface area contributed by atoms with E-state index in [0.717, 1.165) is 0 Å². The van der Waals surface area contributed by atoms with Gasteiger partial charge >= 0.3 is 5.97 Å². The Balaban J connectivity index is 2.43. The van der Waals surface area contributed by atoms with Gasteiger partial charge in [0.1, 0.15) is 5.82 Å². The summed E-state index contributed by atoms with van der Waals surface area (Å²) in [5.74, 6) is -2.32. The van der Waals surface area contributed by atoms with Gasteiger partial charge in [-0.3, -0.25) is 9.59 Å². The number of carbonyl (C=O) groups is 2. The molecule has 0 saturated carbocycles. The van der Waals surface area contributed by atoms with E-state index < -0.39 is 17.9 Å². The SMILES string of the molecule is CC(C)N1C(=O)CC(C(=O)O)C1c1ccc(F)cc1. The Hall–Kier alpha value is -1.91. The first-order chi connectivity index (χ1) is 8.91. The van der Waals surface area contributed by atoms with Gasteiger partial charge in [0, 0.05) is 12.5 Å². The third-order valence-electron chi connectivity index (χ3n) is 3.45. The minimum Gasteiger partial charge on any atom is -0.481 e. The molecule has 0 aliphatic carbocycles. The quantitative estimate of drug-likeness (QED) is 0.911. The summed E-state index contributed by atoms with van der Waals surface area (Å²) in [6.45, 7) is 3.69. The van der Waals surface area contributed by atoms with Crippen molar-refractivity contribution in [3.63, 3.8) is 0 Å². The predicted molar refractivity (Wildman–Crippen MR) is 66.9 cm³/mol. The second-order valence-electron chi connectivity index (χ2n) is 5.04. The van der Waals surface area contributed by atoms with Crippen LogP contribution >= 0.6 is 0 Å². The van der Waals surface area contributed by atoms with E-state index in [9.17, 15) is 19.1 Å². The van der Waals surface area contributed by atoms with E-state index in [1.54, 1.807) is 17.0 Å². The molecule has 1 aromatic carbocycles. The van der Waals surface area contributed by atoms with Gasteiger partial charge in [-0.2, -0.15) is 0 Å². The van der Waals surface area contributed by atoms with Crippen molar-refractivity contribution < 1.29 is 19.1 Å². The summed E-state index contributed by atoms with van der Waals surface area (Å²) in [6, 6.07) is 5.05. The Morgan fingerprint density at radius 2 is 1.95 bits per heavy atom. The first-order valence-electron chi connectivity index (χ1n) is 6.21. The molecule has 1 amide bonds. The summed E-state index contributed by atoms with van der Waals surface area (Å²) in [5, 5.41) is 9.26. The van der Waals surface area contributed by atoms with Crippen LogP contribution < -0.4 is 0 Å². The van der Waals surface area contributed by atoms with Gasteiger partial charge in [0.15, 0.2) is 0 Å². The Bertz CT molecular complexity index is 498. The molecule has 0 aromatic heterocycles. The fourth-order valence-electron chi connectivity index (χ4n) is 2.64. The summed E-state index contributed by atoms with van der Waals surface area (Å²) >= 11 is 0. The van der Waals surface area contributed by atoms with Gasteiger partial charge in [-0.05, 0) is 31.5 Å². The monoisotopic (exact) mass is 265 g/mol. The van der Waals surface area contributed by atoms with E-state index in [2.05, 4.69) is 0 Å². The van der Waals surface area contributed by atoms with Crippen LogP contribution in [0.25, 0.3) is 0 Å². The van der Waals surface area contributed by atoms with Crippen molar-refractivity contribution in [3.8, 4) is 0 Å². The Kier molecular flexibility index (Phi) is 3.55. The summed E-state index contributed by atoms with van der Waals surface area (Å²) < 4.78 is 13.0. The van der Waals surface area contributed by atoms with E-state index >= 15 is 0 Å². The van der Waals surface area contributed by atoms with Crippen LogP contribution in [0.1, 0.15) is 31.9 Å². The minimum atomic E-state index is -0.995. The van der Waals surface area contributed by atoms with E-state index in [1.807, 2.05) is 13.8 Å². The highest BCUT2D eigenvalue weighted by Gasteiger charge is 2.45. The molecule has 1 aliphatic rings. The molecule has 1 heterocycles. The van der Waals surface area contributed by atoms with Crippen molar-refractivity contribution in [2.24, 2.45) is 5.92 Å². The van der Waals surface area contributed by atoms with E-state index in [-0.39, 0.29) is 24.2 Å².